The summed E-state index contributed by atoms with van der Waals surface area (Å²) in [5.74, 6) is 0.582. The third-order valence-corrected chi connectivity index (χ3v) is 5.68. The largest absolute Gasteiger partial charge is 0.494 e. The number of fused-ring (bicyclic) bond motifs is 1. The Bertz CT molecular complexity index is 1040. The van der Waals surface area contributed by atoms with Crippen molar-refractivity contribution in [2.24, 2.45) is 0 Å². The van der Waals surface area contributed by atoms with Gasteiger partial charge in [-0.1, -0.05) is 13.3 Å². The second-order valence-electron chi connectivity index (χ2n) is 6.69. The molecule has 28 heavy (non-hydrogen) atoms. The van der Waals surface area contributed by atoms with Gasteiger partial charge in [0.05, 0.1) is 17.6 Å². The van der Waals surface area contributed by atoms with E-state index in [9.17, 15) is 9.59 Å². The van der Waals surface area contributed by atoms with Crippen LogP contribution in [0.5, 0.6) is 5.75 Å². The van der Waals surface area contributed by atoms with Crippen molar-refractivity contribution in [2.75, 3.05) is 6.61 Å². The topological polar surface area (TPSA) is 81.3 Å². The molecule has 0 fully saturated rings. The minimum atomic E-state index is -0.673. The van der Waals surface area contributed by atoms with E-state index in [1.807, 2.05) is 13.8 Å². The number of unbranched alkanes of at least 4 members (excludes halogenated alkanes) is 1. The summed E-state index contributed by atoms with van der Waals surface area (Å²) < 4.78 is 11.1. The highest BCUT2D eigenvalue weighted by atomic mass is 32.1. The monoisotopic (exact) mass is 400 g/mol. The maximum atomic E-state index is 12.4. The maximum absolute atomic E-state index is 12.4. The van der Waals surface area contributed by atoms with Crippen LogP contribution in [-0.2, 0) is 4.74 Å². The summed E-state index contributed by atoms with van der Waals surface area (Å²) in [6.45, 7) is 8.31. The number of thiophene rings is 1. The van der Waals surface area contributed by atoms with Gasteiger partial charge in [0.1, 0.15) is 10.6 Å². The Morgan fingerprint density at radius 3 is 2.64 bits per heavy atom. The molecule has 0 saturated heterocycles. The summed E-state index contributed by atoms with van der Waals surface area (Å²) in [7, 11) is 0. The quantitative estimate of drug-likeness (QED) is 0.459. The summed E-state index contributed by atoms with van der Waals surface area (Å²) in [5, 5.41) is 0.600. The normalized spacial score (nSPS) is 12.1. The van der Waals surface area contributed by atoms with Crippen LogP contribution in [-0.4, -0.2) is 22.5 Å². The zero-order valence-corrected chi connectivity index (χ0v) is 17.3. The first kappa shape index (κ1) is 20.1. The Morgan fingerprint density at radius 1 is 1.25 bits per heavy atom. The summed E-state index contributed by atoms with van der Waals surface area (Å²) in [6.07, 6.45) is 1.38. The molecule has 0 aliphatic heterocycles. The lowest BCUT2D eigenvalue weighted by atomic mass is 10.2. The Hall–Kier alpha value is -2.67. The first-order chi connectivity index (χ1) is 13.4. The first-order valence-electron chi connectivity index (χ1n) is 9.34. The maximum Gasteiger partial charge on any atom is 0.338 e. The SMILES string of the molecule is CCCCOc1ccc(C(=O)O[C@@H](C)c2nc3sc(C)c(C)c3c(=O)[nH]2)cc1. The molecule has 0 saturated carbocycles. The van der Waals surface area contributed by atoms with Gasteiger partial charge in [0, 0.05) is 4.88 Å². The number of rotatable bonds is 7. The highest BCUT2D eigenvalue weighted by molar-refractivity contribution is 7.18. The zero-order valence-electron chi connectivity index (χ0n) is 16.5. The number of carbonyl (C=O) groups excluding carboxylic acids is 1. The molecule has 1 aromatic carbocycles. The number of carbonyl (C=O) groups is 1. The van der Waals surface area contributed by atoms with Crippen LogP contribution < -0.4 is 10.3 Å². The van der Waals surface area contributed by atoms with Gasteiger partial charge < -0.3 is 14.5 Å². The standard InChI is InChI=1S/C21H24N2O4S/c1-5-6-11-26-16-9-7-15(8-10-16)21(25)27-13(3)18-22-19(24)17-12(2)14(4)28-20(17)23-18/h7-10,13H,5-6,11H2,1-4H3,(H,22,23,24)/t13-/m0/s1. The lowest BCUT2D eigenvalue weighted by molar-refractivity contribution is 0.0320. The van der Waals surface area contributed by atoms with E-state index < -0.39 is 12.1 Å². The summed E-state index contributed by atoms with van der Waals surface area (Å²) in [4.78, 5) is 33.8. The lowest BCUT2D eigenvalue weighted by Gasteiger charge is -2.13. The van der Waals surface area contributed by atoms with Gasteiger partial charge >= 0.3 is 5.97 Å². The molecule has 3 aromatic rings. The molecule has 0 unspecified atom stereocenters. The minimum absolute atomic E-state index is 0.210. The molecule has 0 aliphatic carbocycles. The Labute approximate surface area is 167 Å². The van der Waals surface area contributed by atoms with Crippen LogP contribution in [0.1, 0.15) is 59.4 Å². The van der Waals surface area contributed by atoms with Crippen LogP contribution in [0.25, 0.3) is 10.2 Å². The van der Waals surface area contributed by atoms with Gasteiger partial charge in [0.15, 0.2) is 11.9 Å². The number of benzene rings is 1. The molecule has 6 nitrogen and oxygen atoms in total. The molecule has 1 atom stereocenters. The van der Waals surface area contributed by atoms with Crippen molar-refractivity contribution in [3.05, 3.63) is 56.4 Å². The second-order valence-corrected chi connectivity index (χ2v) is 7.89. The molecular weight excluding hydrogens is 376 g/mol. The molecule has 0 radical (unpaired) electrons. The van der Waals surface area contributed by atoms with Crippen molar-refractivity contribution < 1.29 is 14.3 Å². The number of aromatic nitrogens is 2. The number of nitrogens with one attached hydrogen (secondary N) is 1. The van der Waals surface area contributed by atoms with E-state index >= 15 is 0 Å². The van der Waals surface area contributed by atoms with Crippen LogP contribution in [0.2, 0.25) is 0 Å². The average Bonchev–Trinajstić information content (AvgIpc) is 2.96. The van der Waals surface area contributed by atoms with Gasteiger partial charge in [0.25, 0.3) is 5.56 Å². The number of ether oxygens (including phenoxy) is 2. The third-order valence-electron chi connectivity index (χ3n) is 4.58. The van der Waals surface area contributed by atoms with Gasteiger partial charge in [0.2, 0.25) is 0 Å². The molecule has 148 valence electrons. The van der Waals surface area contributed by atoms with Crippen molar-refractivity contribution in [1.29, 1.82) is 0 Å². The highest BCUT2D eigenvalue weighted by Crippen LogP contribution is 2.27. The van der Waals surface area contributed by atoms with E-state index in [1.54, 1.807) is 31.2 Å². The van der Waals surface area contributed by atoms with Crippen LogP contribution in [0.3, 0.4) is 0 Å². The average molecular weight is 401 g/mol. The fourth-order valence-electron chi connectivity index (χ4n) is 2.77. The summed E-state index contributed by atoms with van der Waals surface area (Å²) in [6, 6.07) is 6.84. The molecule has 3 rings (SSSR count). The summed E-state index contributed by atoms with van der Waals surface area (Å²) in [5.41, 5.74) is 1.14. The third kappa shape index (κ3) is 4.25. The van der Waals surface area contributed by atoms with E-state index in [2.05, 4.69) is 16.9 Å². The number of esters is 1. The molecule has 0 bridgehead atoms. The fraction of sp³-hybridized carbons (Fsp3) is 0.381. The number of nitrogens with zero attached hydrogens (tertiary/aromatic N) is 1. The molecule has 0 amide bonds. The van der Waals surface area contributed by atoms with E-state index in [0.29, 0.717) is 28.2 Å². The zero-order chi connectivity index (χ0) is 20.3. The molecule has 7 heteroatoms. The van der Waals surface area contributed by atoms with Crippen molar-refractivity contribution in [1.82, 2.24) is 9.97 Å². The Balaban J connectivity index is 1.72. The van der Waals surface area contributed by atoms with E-state index in [-0.39, 0.29) is 5.56 Å². The number of aryl methyl sites for hydroxylation is 2. The number of H-pyrrole nitrogens is 1. The van der Waals surface area contributed by atoms with E-state index in [1.165, 1.54) is 11.3 Å². The van der Waals surface area contributed by atoms with Gasteiger partial charge in [-0.2, -0.15) is 0 Å². The number of hydrogen-bond acceptors (Lipinski definition) is 6. The van der Waals surface area contributed by atoms with Gasteiger partial charge in [-0.15, -0.1) is 11.3 Å². The van der Waals surface area contributed by atoms with E-state index in [0.717, 1.165) is 29.0 Å². The Kier molecular flexibility index (Phi) is 6.14. The van der Waals surface area contributed by atoms with Gasteiger partial charge in [-0.3, -0.25) is 4.79 Å². The Morgan fingerprint density at radius 2 is 1.96 bits per heavy atom. The molecule has 0 aliphatic rings. The van der Waals surface area contributed by atoms with Crippen LogP contribution in [0.4, 0.5) is 0 Å². The minimum Gasteiger partial charge on any atom is -0.494 e. The first-order valence-corrected chi connectivity index (χ1v) is 10.2. The van der Waals surface area contributed by atoms with Crippen LogP contribution in [0, 0.1) is 13.8 Å². The van der Waals surface area contributed by atoms with Crippen molar-refractivity contribution in [3.8, 4) is 5.75 Å². The molecule has 2 aromatic heterocycles. The van der Waals surface area contributed by atoms with Crippen molar-refractivity contribution in [3.63, 3.8) is 0 Å². The predicted molar refractivity (Wildman–Crippen MR) is 110 cm³/mol. The highest BCUT2D eigenvalue weighted by Gasteiger charge is 2.19. The van der Waals surface area contributed by atoms with Crippen LogP contribution in [0.15, 0.2) is 29.1 Å². The second kappa shape index (κ2) is 8.56. The van der Waals surface area contributed by atoms with Crippen molar-refractivity contribution in [2.45, 2.75) is 46.6 Å². The summed E-state index contributed by atoms with van der Waals surface area (Å²) >= 11 is 1.46. The van der Waals surface area contributed by atoms with E-state index in [4.69, 9.17) is 9.47 Å². The number of aromatic amines is 1. The van der Waals surface area contributed by atoms with Gasteiger partial charge in [-0.05, 0) is 57.0 Å². The smallest absolute Gasteiger partial charge is 0.338 e. The van der Waals surface area contributed by atoms with Gasteiger partial charge in [-0.25, -0.2) is 9.78 Å². The molecule has 2 heterocycles. The van der Waals surface area contributed by atoms with Crippen LogP contribution >= 0.6 is 11.3 Å². The molecular formula is C21H24N2O4S. The predicted octanol–water partition coefficient (Wildman–Crippen LogP) is 4.70. The number of hydrogen-bond donors (Lipinski definition) is 1. The molecule has 0 spiro atoms. The molecule has 1 N–H and O–H groups in total. The fourth-order valence-corrected chi connectivity index (χ4v) is 3.81. The lowest BCUT2D eigenvalue weighted by Crippen LogP contribution is -2.17. The van der Waals surface area contributed by atoms with Crippen molar-refractivity contribution >= 4 is 27.5 Å².